The van der Waals surface area contributed by atoms with Crippen molar-refractivity contribution in [1.29, 1.82) is 0 Å². The summed E-state index contributed by atoms with van der Waals surface area (Å²) in [5, 5.41) is 8.29. The standard InChI is InChI=1S/C65H56N2Si/c1-3-52(66-38-16-18-48-17-4-7-21-60(48)66)44-58-45(2)54-34-27-46(41-59(54)65(58)36-12-13-37-65)26-28-47-32-35-56(57-20-6-5-19-55(47)57)51-30-29-50-43-53(33-31-49(50)42-51)67-61-22-8-10-24-63(61)68(39-14-15-40-68)64-25-11-9-23-62(64)67/h1,4-11,17,19-35,41-44H,12-16,18,36-40H2,2H3. The SMILES string of the molecule is C#CC(=CC1=C(C)c2ccc(C=Cc3ccc(-c4ccc5cc(N6c7ccccc7[Si]7(CCCC7)c7ccccc76)ccc5c4)c4ccccc34)cc2C12CCCC2)N1CCCc2ccccc21. The van der Waals surface area contributed by atoms with Gasteiger partial charge in [0.1, 0.15) is 8.07 Å². The first-order valence-electron chi connectivity index (χ1n) is 25.2. The Morgan fingerprint density at radius 1 is 0.618 bits per heavy atom. The zero-order valence-corrected chi connectivity index (χ0v) is 40.1. The number of terminal acetylenes is 1. The number of nitrogens with zero attached hydrogens (tertiary/aromatic N) is 2. The molecule has 0 unspecified atom stereocenters. The van der Waals surface area contributed by atoms with E-state index in [1.54, 1.807) is 10.4 Å². The van der Waals surface area contributed by atoms with E-state index in [1.807, 2.05) is 0 Å². The minimum absolute atomic E-state index is 0.000683. The zero-order valence-electron chi connectivity index (χ0n) is 39.1. The molecule has 3 aliphatic heterocycles. The molecule has 3 heterocycles. The molecule has 0 bridgehead atoms. The Morgan fingerprint density at radius 2 is 1.29 bits per heavy atom. The molecule has 1 saturated heterocycles. The van der Waals surface area contributed by atoms with Gasteiger partial charge in [0.2, 0.25) is 0 Å². The summed E-state index contributed by atoms with van der Waals surface area (Å²) in [7, 11) is -1.77. The van der Waals surface area contributed by atoms with E-state index in [2.05, 4.69) is 205 Å². The molecule has 8 aromatic rings. The number of rotatable bonds is 6. The van der Waals surface area contributed by atoms with E-state index in [0.29, 0.717) is 0 Å². The Kier molecular flexibility index (Phi) is 9.85. The minimum Gasteiger partial charge on any atom is -0.334 e. The van der Waals surface area contributed by atoms with Gasteiger partial charge in [0.15, 0.2) is 0 Å². The van der Waals surface area contributed by atoms with Crippen LogP contribution >= 0.6 is 0 Å². The zero-order chi connectivity index (χ0) is 45.4. The minimum atomic E-state index is -1.77. The maximum atomic E-state index is 6.37. The first-order valence-corrected chi connectivity index (χ1v) is 27.6. The van der Waals surface area contributed by atoms with Crippen LogP contribution in [0.2, 0.25) is 12.1 Å². The summed E-state index contributed by atoms with van der Waals surface area (Å²) in [5.74, 6) is 3.15. The van der Waals surface area contributed by atoms with Crippen molar-refractivity contribution in [2.45, 2.75) is 75.8 Å². The fraction of sp³-hybridized carbons (Fsp3) is 0.200. The van der Waals surface area contributed by atoms with Crippen molar-refractivity contribution in [2.75, 3.05) is 16.3 Å². The predicted molar refractivity (Wildman–Crippen MR) is 293 cm³/mol. The van der Waals surface area contributed by atoms with Gasteiger partial charge in [-0.1, -0.05) is 171 Å². The molecule has 2 spiro atoms. The molecule has 2 nitrogen and oxygen atoms in total. The lowest BCUT2D eigenvalue weighted by atomic mass is 9.75. The maximum Gasteiger partial charge on any atom is 0.123 e. The van der Waals surface area contributed by atoms with Crippen LogP contribution in [-0.4, -0.2) is 14.6 Å². The van der Waals surface area contributed by atoms with Crippen molar-refractivity contribution in [2.24, 2.45) is 0 Å². The Balaban J connectivity index is 0.807. The number of allylic oxidation sites excluding steroid dienone is 4. The van der Waals surface area contributed by atoms with Crippen LogP contribution in [-0.2, 0) is 11.8 Å². The van der Waals surface area contributed by atoms with Crippen molar-refractivity contribution in [3.05, 3.63) is 209 Å². The van der Waals surface area contributed by atoms with Crippen LogP contribution in [0.1, 0.15) is 79.7 Å². The number of hydrogen-bond donors (Lipinski definition) is 0. The largest absolute Gasteiger partial charge is 0.334 e. The third kappa shape index (κ3) is 6.38. The molecule has 0 radical (unpaired) electrons. The van der Waals surface area contributed by atoms with Crippen LogP contribution in [0.4, 0.5) is 22.7 Å². The highest BCUT2D eigenvalue weighted by molar-refractivity contribution is 7.05. The van der Waals surface area contributed by atoms with E-state index in [4.69, 9.17) is 6.42 Å². The average molecular weight is 893 g/mol. The van der Waals surface area contributed by atoms with Crippen molar-refractivity contribution >= 4 is 80.5 Å². The van der Waals surface area contributed by atoms with Crippen LogP contribution in [0.25, 0.3) is 50.4 Å². The van der Waals surface area contributed by atoms with Gasteiger partial charge in [0, 0.05) is 34.7 Å². The lowest BCUT2D eigenvalue weighted by molar-refractivity contribution is 0.544. The summed E-state index contributed by atoms with van der Waals surface area (Å²) in [5.41, 5.74) is 18.3. The molecule has 2 fully saturated rings. The molecular formula is C65H56N2Si. The Hall–Kier alpha value is -7.12. The van der Waals surface area contributed by atoms with E-state index in [1.165, 1.54) is 132 Å². The molecule has 0 atom stereocenters. The Morgan fingerprint density at radius 3 is 2.07 bits per heavy atom. The van der Waals surface area contributed by atoms with E-state index in [-0.39, 0.29) is 5.41 Å². The Labute approximate surface area is 403 Å². The molecule has 68 heavy (non-hydrogen) atoms. The summed E-state index contributed by atoms with van der Waals surface area (Å²) in [6.07, 6.45) is 23.1. The van der Waals surface area contributed by atoms with Gasteiger partial charge in [-0.05, 0) is 169 Å². The van der Waals surface area contributed by atoms with Gasteiger partial charge in [-0.15, -0.1) is 6.42 Å². The van der Waals surface area contributed by atoms with Gasteiger partial charge in [-0.2, -0.15) is 0 Å². The molecule has 2 aliphatic carbocycles. The topological polar surface area (TPSA) is 6.48 Å². The first kappa shape index (κ1) is 41.1. The van der Waals surface area contributed by atoms with Gasteiger partial charge in [0.05, 0.1) is 5.70 Å². The summed E-state index contributed by atoms with van der Waals surface area (Å²) < 4.78 is 0. The van der Waals surface area contributed by atoms with E-state index in [9.17, 15) is 0 Å². The molecule has 1 saturated carbocycles. The van der Waals surface area contributed by atoms with Gasteiger partial charge in [-0.25, -0.2) is 0 Å². The second kappa shape index (κ2) is 16.3. The van der Waals surface area contributed by atoms with Crippen LogP contribution < -0.4 is 20.2 Å². The third-order valence-corrected chi connectivity index (χ3v) is 22.1. The summed E-state index contributed by atoms with van der Waals surface area (Å²) in [6, 6.07) is 65.0. The fourth-order valence-electron chi connectivity index (χ4n) is 13.6. The van der Waals surface area contributed by atoms with Gasteiger partial charge >= 0.3 is 0 Å². The second-order valence-corrected chi connectivity index (χ2v) is 24.4. The summed E-state index contributed by atoms with van der Waals surface area (Å²) >= 11 is 0. The van der Waals surface area contributed by atoms with Crippen LogP contribution in [0.3, 0.4) is 0 Å². The molecule has 330 valence electrons. The van der Waals surface area contributed by atoms with Crippen molar-refractivity contribution in [3.8, 4) is 23.5 Å². The first-order chi connectivity index (χ1) is 33.5. The molecule has 5 aliphatic rings. The van der Waals surface area contributed by atoms with Crippen LogP contribution in [0.5, 0.6) is 0 Å². The second-order valence-electron chi connectivity index (χ2n) is 20.2. The smallest absolute Gasteiger partial charge is 0.123 e. The van der Waals surface area contributed by atoms with Crippen LogP contribution in [0, 0.1) is 12.3 Å². The number of aryl methyl sites for hydroxylation is 1. The number of hydrogen-bond acceptors (Lipinski definition) is 2. The quantitative estimate of drug-likeness (QED) is 0.0932. The van der Waals surface area contributed by atoms with Crippen molar-refractivity contribution in [3.63, 3.8) is 0 Å². The van der Waals surface area contributed by atoms with Gasteiger partial charge in [0.25, 0.3) is 0 Å². The molecule has 0 aromatic heterocycles. The Bertz CT molecular complexity index is 3440. The molecule has 0 N–H and O–H groups in total. The van der Waals surface area contributed by atoms with E-state index >= 15 is 0 Å². The van der Waals surface area contributed by atoms with Gasteiger partial charge in [-0.3, -0.25) is 0 Å². The molecule has 8 aromatic carbocycles. The highest BCUT2D eigenvalue weighted by Crippen LogP contribution is 2.56. The van der Waals surface area contributed by atoms with E-state index in [0.717, 1.165) is 37.9 Å². The third-order valence-electron chi connectivity index (χ3n) is 16.8. The molecule has 0 amide bonds. The predicted octanol–water partition coefficient (Wildman–Crippen LogP) is 15.5. The number of anilines is 4. The highest BCUT2D eigenvalue weighted by atomic mass is 28.3. The van der Waals surface area contributed by atoms with Crippen molar-refractivity contribution < 1.29 is 0 Å². The van der Waals surface area contributed by atoms with E-state index < -0.39 is 8.07 Å². The number of para-hydroxylation sites is 3. The number of fused-ring (bicyclic) bond motifs is 9. The van der Waals surface area contributed by atoms with Gasteiger partial charge < -0.3 is 9.80 Å². The summed E-state index contributed by atoms with van der Waals surface area (Å²) in [4.78, 5) is 4.94. The summed E-state index contributed by atoms with van der Waals surface area (Å²) in [6.45, 7) is 3.28. The lowest BCUT2D eigenvalue weighted by Gasteiger charge is -2.42. The van der Waals surface area contributed by atoms with Crippen molar-refractivity contribution in [1.82, 2.24) is 0 Å². The lowest BCUT2D eigenvalue weighted by Crippen LogP contribution is -2.60. The normalized spacial score (nSPS) is 17.9. The molecule has 13 rings (SSSR count). The highest BCUT2D eigenvalue weighted by Gasteiger charge is 2.48. The molecular weight excluding hydrogens is 837 g/mol. The molecule has 3 heteroatoms. The number of benzene rings is 8. The average Bonchev–Trinajstić information content (AvgIpc) is 4.15. The fourth-order valence-corrected chi connectivity index (χ4v) is 19.1. The monoisotopic (exact) mass is 892 g/mol. The maximum absolute atomic E-state index is 6.37. The van der Waals surface area contributed by atoms with Crippen LogP contribution in [0.15, 0.2) is 181 Å².